The molecule has 6 heteroatoms. The average Bonchev–Trinajstić information content (AvgIpc) is 2.76. The fourth-order valence-electron chi connectivity index (χ4n) is 1.47. The third kappa shape index (κ3) is 1.28. The summed E-state index contributed by atoms with van der Waals surface area (Å²) in [6.45, 7) is 0. The van der Waals surface area contributed by atoms with Gasteiger partial charge in [0.25, 0.3) is 0 Å². The van der Waals surface area contributed by atoms with Gasteiger partial charge in [0, 0.05) is 6.20 Å². The number of aromatic nitrogens is 5. The van der Waals surface area contributed by atoms with Crippen LogP contribution in [0.25, 0.3) is 22.7 Å². The van der Waals surface area contributed by atoms with Crippen molar-refractivity contribution in [2.45, 2.75) is 0 Å². The quantitative estimate of drug-likeness (QED) is 0.627. The van der Waals surface area contributed by atoms with Gasteiger partial charge in [-0.05, 0) is 12.1 Å². The number of nitrogens with one attached hydrogen (secondary N) is 1. The molecular weight excluding hydrogens is 204 g/mol. The van der Waals surface area contributed by atoms with E-state index in [1.807, 2.05) is 18.2 Å². The SMILES string of the molecule is Nc1ncnc2nc(-c3ccccn3)[nH]c12. The van der Waals surface area contributed by atoms with E-state index in [0.29, 0.717) is 22.8 Å². The Balaban J connectivity index is 2.23. The van der Waals surface area contributed by atoms with E-state index in [1.165, 1.54) is 6.33 Å². The van der Waals surface area contributed by atoms with Crippen LogP contribution in [0.2, 0.25) is 0 Å². The molecule has 0 saturated heterocycles. The highest BCUT2D eigenvalue weighted by atomic mass is 15.1. The summed E-state index contributed by atoms with van der Waals surface area (Å²) in [4.78, 5) is 19.5. The van der Waals surface area contributed by atoms with Crippen LogP contribution in [0.5, 0.6) is 0 Å². The number of hydrogen-bond donors (Lipinski definition) is 2. The van der Waals surface area contributed by atoms with Gasteiger partial charge < -0.3 is 10.7 Å². The van der Waals surface area contributed by atoms with Gasteiger partial charge in [0.05, 0.1) is 0 Å². The van der Waals surface area contributed by atoms with Crippen molar-refractivity contribution in [2.24, 2.45) is 0 Å². The van der Waals surface area contributed by atoms with Crippen LogP contribution in [0.15, 0.2) is 30.7 Å². The molecule has 0 radical (unpaired) electrons. The molecule has 0 saturated carbocycles. The molecule has 0 bridgehead atoms. The minimum atomic E-state index is 0.389. The smallest absolute Gasteiger partial charge is 0.183 e. The van der Waals surface area contributed by atoms with Gasteiger partial charge in [-0.1, -0.05) is 6.07 Å². The maximum absolute atomic E-state index is 5.70. The molecule has 0 aliphatic heterocycles. The molecule has 78 valence electrons. The van der Waals surface area contributed by atoms with Gasteiger partial charge >= 0.3 is 0 Å². The summed E-state index contributed by atoms with van der Waals surface area (Å²) in [6, 6.07) is 5.60. The summed E-state index contributed by atoms with van der Waals surface area (Å²) in [5.41, 5.74) is 7.65. The molecule has 3 rings (SSSR count). The van der Waals surface area contributed by atoms with Gasteiger partial charge in [0.1, 0.15) is 17.5 Å². The minimum Gasteiger partial charge on any atom is -0.382 e. The molecule has 3 heterocycles. The zero-order chi connectivity index (χ0) is 11.0. The number of imidazole rings is 1. The molecule has 0 fully saturated rings. The van der Waals surface area contributed by atoms with E-state index in [-0.39, 0.29) is 0 Å². The second kappa shape index (κ2) is 3.27. The predicted octanol–water partition coefficient (Wildman–Crippen LogP) is 0.997. The zero-order valence-corrected chi connectivity index (χ0v) is 8.25. The number of aromatic amines is 1. The van der Waals surface area contributed by atoms with Crippen LogP contribution >= 0.6 is 0 Å². The van der Waals surface area contributed by atoms with Gasteiger partial charge in [-0.25, -0.2) is 15.0 Å². The number of anilines is 1. The highest BCUT2D eigenvalue weighted by Gasteiger charge is 2.09. The number of rotatable bonds is 1. The molecule has 0 aliphatic rings. The molecule has 0 aliphatic carbocycles. The molecule has 0 amide bonds. The molecule has 0 aromatic carbocycles. The first kappa shape index (κ1) is 8.78. The number of nitrogens with zero attached hydrogens (tertiary/aromatic N) is 4. The van der Waals surface area contributed by atoms with Gasteiger partial charge in [-0.15, -0.1) is 0 Å². The summed E-state index contributed by atoms with van der Waals surface area (Å²) >= 11 is 0. The molecule has 3 aromatic heterocycles. The molecule has 0 spiro atoms. The lowest BCUT2D eigenvalue weighted by Gasteiger charge is -1.92. The average molecular weight is 212 g/mol. The van der Waals surface area contributed by atoms with E-state index >= 15 is 0 Å². The van der Waals surface area contributed by atoms with Crippen molar-refractivity contribution in [3.8, 4) is 11.5 Å². The topological polar surface area (TPSA) is 93.4 Å². The monoisotopic (exact) mass is 212 g/mol. The molecule has 3 N–H and O–H groups in total. The fraction of sp³-hybridized carbons (Fsp3) is 0. The van der Waals surface area contributed by atoms with Crippen LogP contribution < -0.4 is 5.73 Å². The molecule has 16 heavy (non-hydrogen) atoms. The normalized spacial score (nSPS) is 10.8. The van der Waals surface area contributed by atoms with E-state index in [9.17, 15) is 0 Å². The summed E-state index contributed by atoms with van der Waals surface area (Å²) in [6.07, 6.45) is 3.10. The standard InChI is InChI=1S/C10H8N6/c11-8-7-10(14-5-13-8)16-9(15-7)6-3-1-2-4-12-6/h1-5H,(H3,11,13,14,15,16). The molecule has 0 atom stereocenters. The number of nitrogens with two attached hydrogens (primary N) is 1. The first-order chi connectivity index (χ1) is 7.84. The van der Waals surface area contributed by atoms with E-state index < -0.39 is 0 Å². The Bertz CT molecular complexity index is 630. The van der Waals surface area contributed by atoms with Gasteiger partial charge in [0.2, 0.25) is 0 Å². The number of hydrogen-bond acceptors (Lipinski definition) is 5. The fourth-order valence-corrected chi connectivity index (χ4v) is 1.47. The first-order valence-corrected chi connectivity index (χ1v) is 4.72. The van der Waals surface area contributed by atoms with Crippen molar-refractivity contribution >= 4 is 17.0 Å². The molecule has 3 aromatic rings. The van der Waals surface area contributed by atoms with Crippen LogP contribution in [0.1, 0.15) is 0 Å². The van der Waals surface area contributed by atoms with Crippen LogP contribution in [-0.4, -0.2) is 24.9 Å². The lowest BCUT2D eigenvalue weighted by Crippen LogP contribution is -1.91. The largest absolute Gasteiger partial charge is 0.382 e. The van der Waals surface area contributed by atoms with Crippen LogP contribution in [0.3, 0.4) is 0 Å². The third-order valence-electron chi connectivity index (χ3n) is 2.23. The van der Waals surface area contributed by atoms with E-state index in [1.54, 1.807) is 6.20 Å². The van der Waals surface area contributed by atoms with Gasteiger partial charge in [-0.3, -0.25) is 4.98 Å². The van der Waals surface area contributed by atoms with Crippen molar-refractivity contribution < 1.29 is 0 Å². The number of pyridine rings is 1. The van der Waals surface area contributed by atoms with Crippen molar-refractivity contribution in [3.05, 3.63) is 30.7 Å². The zero-order valence-electron chi connectivity index (χ0n) is 8.25. The van der Waals surface area contributed by atoms with E-state index in [0.717, 1.165) is 5.69 Å². The summed E-state index contributed by atoms with van der Waals surface area (Å²) in [5.74, 6) is 1.03. The predicted molar refractivity (Wildman–Crippen MR) is 59.3 cm³/mol. The van der Waals surface area contributed by atoms with Crippen molar-refractivity contribution in [1.82, 2.24) is 24.9 Å². The lowest BCUT2D eigenvalue weighted by molar-refractivity contribution is 1.20. The van der Waals surface area contributed by atoms with Gasteiger partial charge in [0.15, 0.2) is 17.3 Å². The Morgan fingerprint density at radius 2 is 2.06 bits per heavy atom. The van der Waals surface area contributed by atoms with E-state index in [2.05, 4.69) is 24.9 Å². The third-order valence-corrected chi connectivity index (χ3v) is 2.23. The summed E-state index contributed by atoms with van der Waals surface area (Å²) < 4.78 is 0. The maximum atomic E-state index is 5.70. The first-order valence-electron chi connectivity index (χ1n) is 4.72. The van der Waals surface area contributed by atoms with Crippen LogP contribution in [-0.2, 0) is 0 Å². The lowest BCUT2D eigenvalue weighted by atomic mass is 10.3. The highest BCUT2D eigenvalue weighted by Crippen LogP contribution is 2.19. The van der Waals surface area contributed by atoms with Crippen molar-refractivity contribution in [2.75, 3.05) is 5.73 Å². The molecule has 6 nitrogen and oxygen atoms in total. The van der Waals surface area contributed by atoms with Crippen LogP contribution in [0.4, 0.5) is 5.82 Å². The Morgan fingerprint density at radius 3 is 2.81 bits per heavy atom. The van der Waals surface area contributed by atoms with Crippen molar-refractivity contribution in [1.29, 1.82) is 0 Å². The van der Waals surface area contributed by atoms with Crippen LogP contribution in [0, 0.1) is 0 Å². The molecule has 0 unspecified atom stereocenters. The second-order valence-corrected chi connectivity index (χ2v) is 3.26. The second-order valence-electron chi connectivity index (χ2n) is 3.26. The number of H-pyrrole nitrogens is 1. The Labute approximate surface area is 90.6 Å². The summed E-state index contributed by atoms with van der Waals surface area (Å²) in [7, 11) is 0. The van der Waals surface area contributed by atoms with E-state index in [4.69, 9.17) is 5.73 Å². The van der Waals surface area contributed by atoms with Gasteiger partial charge in [-0.2, -0.15) is 0 Å². The van der Waals surface area contributed by atoms with Crippen molar-refractivity contribution in [3.63, 3.8) is 0 Å². The Hall–Kier alpha value is -2.50. The Kier molecular flexibility index (Phi) is 1.79. The number of fused-ring (bicyclic) bond motifs is 1. The molecular formula is C10H8N6. The summed E-state index contributed by atoms with van der Waals surface area (Å²) in [5, 5.41) is 0. The maximum Gasteiger partial charge on any atom is 0.183 e. The Morgan fingerprint density at radius 1 is 1.12 bits per heavy atom. The number of nitrogen functional groups attached to an aromatic ring is 1. The minimum absolute atomic E-state index is 0.389. The highest BCUT2D eigenvalue weighted by molar-refractivity contribution is 5.83.